The predicted molar refractivity (Wildman–Crippen MR) is 96.3 cm³/mol. The van der Waals surface area contributed by atoms with Crippen LogP contribution in [0.3, 0.4) is 0 Å². The Kier molecular flexibility index (Phi) is 4.12. The summed E-state index contributed by atoms with van der Waals surface area (Å²) >= 11 is 6.16. The number of nitrogens with one attached hydrogen (secondary N) is 2. The summed E-state index contributed by atoms with van der Waals surface area (Å²) in [5.74, 6) is -0.725. The zero-order valence-corrected chi connectivity index (χ0v) is 14.4. The number of halogens is 2. The van der Waals surface area contributed by atoms with Crippen LogP contribution in [0.4, 0.5) is 9.18 Å². The highest BCUT2D eigenvalue weighted by Gasteiger charge is 2.38. The first-order valence-corrected chi connectivity index (χ1v) is 8.51. The van der Waals surface area contributed by atoms with Gasteiger partial charge in [0, 0.05) is 18.0 Å². The van der Waals surface area contributed by atoms with Crippen molar-refractivity contribution in [1.82, 2.24) is 15.2 Å². The molecule has 2 aromatic carbocycles. The average Bonchev–Trinajstić information content (AvgIpc) is 3.13. The number of para-hydroxylation sites is 1. The van der Waals surface area contributed by atoms with Crippen molar-refractivity contribution in [2.75, 3.05) is 0 Å². The Morgan fingerprint density at radius 3 is 2.77 bits per heavy atom. The third-order valence-electron chi connectivity index (χ3n) is 4.51. The SMILES string of the molecule is O=C1N[C@H](Cc2c[nH]c3c(Cl)cccc23)C(=O)N1Cc1cccc(F)c1. The molecule has 0 aliphatic carbocycles. The molecule has 1 atom stereocenters. The van der Waals surface area contributed by atoms with Crippen LogP contribution in [0.5, 0.6) is 0 Å². The molecule has 26 heavy (non-hydrogen) atoms. The van der Waals surface area contributed by atoms with E-state index < -0.39 is 17.9 Å². The minimum atomic E-state index is -0.658. The zero-order chi connectivity index (χ0) is 18.3. The van der Waals surface area contributed by atoms with Gasteiger partial charge in [0.2, 0.25) is 0 Å². The van der Waals surface area contributed by atoms with E-state index in [0.717, 1.165) is 21.4 Å². The maximum atomic E-state index is 13.3. The number of urea groups is 1. The Hall–Kier alpha value is -2.86. The maximum absolute atomic E-state index is 13.3. The van der Waals surface area contributed by atoms with Gasteiger partial charge in [0.15, 0.2) is 0 Å². The molecular weight excluding hydrogens is 357 g/mol. The van der Waals surface area contributed by atoms with E-state index in [1.54, 1.807) is 24.4 Å². The van der Waals surface area contributed by atoms with Gasteiger partial charge in [-0.3, -0.25) is 9.69 Å². The minimum Gasteiger partial charge on any atom is -0.360 e. The second-order valence-corrected chi connectivity index (χ2v) is 6.64. The van der Waals surface area contributed by atoms with Crippen molar-refractivity contribution in [2.24, 2.45) is 0 Å². The molecule has 0 spiro atoms. The molecule has 1 fully saturated rings. The van der Waals surface area contributed by atoms with Crippen LogP contribution in [0.2, 0.25) is 5.02 Å². The van der Waals surface area contributed by atoms with E-state index in [1.807, 2.05) is 12.1 Å². The Balaban J connectivity index is 1.54. The van der Waals surface area contributed by atoms with Gasteiger partial charge in [-0.15, -0.1) is 0 Å². The quantitative estimate of drug-likeness (QED) is 0.688. The van der Waals surface area contributed by atoms with E-state index in [2.05, 4.69) is 10.3 Å². The maximum Gasteiger partial charge on any atom is 0.325 e. The molecule has 0 saturated carbocycles. The van der Waals surface area contributed by atoms with E-state index in [9.17, 15) is 14.0 Å². The van der Waals surface area contributed by atoms with Crippen LogP contribution < -0.4 is 5.32 Å². The van der Waals surface area contributed by atoms with Crippen molar-refractivity contribution < 1.29 is 14.0 Å². The molecule has 1 aromatic heterocycles. The van der Waals surface area contributed by atoms with E-state index in [1.165, 1.54) is 12.1 Å². The number of aromatic amines is 1. The number of carbonyl (C=O) groups excluding carboxylic acids is 2. The number of carbonyl (C=O) groups is 2. The standard InChI is InChI=1S/C19H15ClFN3O2/c20-15-6-2-5-14-12(9-22-17(14)15)8-16-18(25)24(19(26)23-16)10-11-3-1-4-13(21)7-11/h1-7,9,16,22H,8,10H2,(H,23,26)/t16-/m1/s1. The molecule has 1 saturated heterocycles. The summed E-state index contributed by atoms with van der Waals surface area (Å²) < 4.78 is 13.3. The second-order valence-electron chi connectivity index (χ2n) is 6.24. The molecule has 0 radical (unpaired) electrons. The van der Waals surface area contributed by atoms with Gasteiger partial charge in [0.25, 0.3) is 5.91 Å². The largest absolute Gasteiger partial charge is 0.360 e. The van der Waals surface area contributed by atoms with Crippen LogP contribution in [0.1, 0.15) is 11.1 Å². The van der Waals surface area contributed by atoms with E-state index in [0.29, 0.717) is 17.0 Å². The predicted octanol–water partition coefficient (Wildman–Crippen LogP) is 3.62. The summed E-state index contributed by atoms with van der Waals surface area (Å²) in [5, 5.41) is 4.22. The van der Waals surface area contributed by atoms with Crippen molar-refractivity contribution in [3.8, 4) is 0 Å². The van der Waals surface area contributed by atoms with Gasteiger partial charge in [-0.05, 0) is 29.3 Å². The molecule has 2 N–H and O–H groups in total. The van der Waals surface area contributed by atoms with Crippen molar-refractivity contribution in [1.29, 1.82) is 0 Å². The number of H-pyrrole nitrogens is 1. The lowest BCUT2D eigenvalue weighted by molar-refractivity contribution is -0.127. The molecule has 3 amide bonds. The monoisotopic (exact) mass is 371 g/mol. The van der Waals surface area contributed by atoms with Crippen molar-refractivity contribution in [3.63, 3.8) is 0 Å². The first kappa shape index (κ1) is 16.6. The molecule has 1 aliphatic rings. The Morgan fingerprint density at radius 2 is 1.96 bits per heavy atom. The number of hydrogen-bond acceptors (Lipinski definition) is 2. The smallest absolute Gasteiger partial charge is 0.325 e. The lowest BCUT2D eigenvalue weighted by Gasteiger charge is -2.13. The van der Waals surface area contributed by atoms with Crippen molar-refractivity contribution >= 4 is 34.4 Å². The van der Waals surface area contributed by atoms with E-state index in [-0.39, 0.29) is 12.5 Å². The van der Waals surface area contributed by atoms with Crippen LogP contribution >= 0.6 is 11.6 Å². The van der Waals surface area contributed by atoms with Crippen LogP contribution in [0, 0.1) is 5.82 Å². The van der Waals surface area contributed by atoms with E-state index in [4.69, 9.17) is 11.6 Å². The summed E-state index contributed by atoms with van der Waals surface area (Å²) in [5.41, 5.74) is 2.26. The van der Waals surface area contributed by atoms with Gasteiger partial charge in [-0.25, -0.2) is 9.18 Å². The number of amides is 3. The first-order valence-electron chi connectivity index (χ1n) is 8.14. The molecule has 7 heteroatoms. The van der Waals surface area contributed by atoms with Crippen molar-refractivity contribution in [3.05, 3.63) is 70.6 Å². The topological polar surface area (TPSA) is 65.2 Å². The minimum absolute atomic E-state index is 0.0403. The summed E-state index contributed by atoms with van der Waals surface area (Å²) in [7, 11) is 0. The Bertz CT molecular complexity index is 1020. The molecule has 132 valence electrons. The average molecular weight is 372 g/mol. The summed E-state index contributed by atoms with van der Waals surface area (Å²) in [6, 6.07) is 10.3. The Labute approximate surface area is 153 Å². The molecule has 5 nitrogen and oxygen atoms in total. The third kappa shape index (κ3) is 2.93. The number of rotatable bonds is 4. The molecule has 2 heterocycles. The zero-order valence-electron chi connectivity index (χ0n) is 13.6. The van der Waals surface area contributed by atoms with Gasteiger partial charge in [0.1, 0.15) is 11.9 Å². The number of imide groups is 1. The number of nitrogens with zero attached hydrogens (tertiary/aromatic N) is 1. The van der Waals surface area contributed by atoms with Gasteiger partial charge in [-0.1, -0.05) is 35.9 Å². The number of fused-ring (bicyclic) bond motifs is 1. The number of hydrogen-bond donors (Lipinski definition) is 2. The first-order chi connectivity index (χ1) is 12.5. The van der Waals surface area contributed by atoms with Gasteiger partial charge in [0.05, 0.1) is 17.1 Å². The third-order valence-corrected chi connectivity index (χ3v) is 4.83. The second kappa shape index (κ2) is 6.46. The van der Waals surface area contributed by atoms with Crippen LogP contribution in [-0.2, 0) is 17.8 Å². The fourth-order valence-electron chi connectivity index (χ4n) is 3.25. The van der Waals surface area contributed by atoms with Crippen molar-refractivity contribution in [2.45, 2.75) is 19.0 Å². The van der Waals surface area contributed by atoms with Gasteiger partial charge in [-0.2, -0.15) is 0 Å². The molecule has 0 unspecified atom stereocenters. The number of aromatic nitrogens is 1. The molecule has 1 aliphatic heterocycles. The Morgan fingerprint density at radius 1 is 1.15 bits per heavy atom. The lowest BCUT2D eigenvalue weighted by atomic mass is 10.0. The summed E-state index contributed by atoms with van der Waals surface area (Å²) in [4.78, 5) is 29.1. The fourth-order valence-corrected chi connectivity index (χ4v) is 3.48. The van der Waals surface area contributed by atoms with Gasteiger partial charge >= 0.3 is 6.03 Å². The van der Waals surface area contributed by atoms with Crippen LogP contribution in [-0.4, -0.2) is 27.9 Å². The van der Waals surface area contributed by atoms with Crippen LogP contribution in [0.15, 0.2) is 48.7 Å². The molecule has 4 rings (SSSR count). The summed E-state index contributed by atoms with van der Waals surface area (Å²) in [6.07, 6.45) is 2.15. The highest BCUT2D eigenvalue weighted by Crippen LogP contribution is 2.27. The normalized spacial score (nSPS) is 17.2. The van der Waals surface area contributed by atoms with E-state index >= 15 is 0 Å². The highest BCUT2D eigenvalue weighted by atomic mass is 35.5. The fraction of sp³-hybridized carbons (Fsp3) is 0.158. The van der Waals surface area contributed by atoms with Crippen LogP contribution in [0.25, 0.3) is 10.9 Å². The molecule has 3 aromatic rings. The van der Waals surface area contributed by atoms with Gasteiger partial charge < -0.3 is 10.3 Å². The number of benzene rings is 2. The molecule has 0 bridgehead atoms. The lowest BCUT2D eigenvalue weighted by Crippen LogP contribution is -2.32. The molecular formula is C19H15ClFN3O2. The summed E-state index contributed by atoms with van der Waals surface area (Å²) in [6.45, 7) is 0.0403. The highest BCUT2D eigenvalue weighted by molar-refractivity contribution is 6.35.